The van der Waals surface area contributed by atoms with Crippen molar-refractivity contribution in [3.05, 3.63) is 47.7 Å². The molecule has 0 bridgehead atoms. The molecule has 0 radical (unpaired) electrons. The van der Waals surface area contributed by atoms with Gasteiger partial charge >= 0.3 is 0 Å². The summed E-state index contributed by atoms with van der Waals surface area (Å²) in [5.41, 5.74) is 3.98. The molecule has 1 heterocycles. The van der Waals surface area contributed by atoms with E-state index in [9.17, 15) is 4.79 Å². The lowest BCUT2D eigenvalue weighted by Gasteiger charge is -2.00. The van der Waals surface area contributed by atoms with Gasteiger partial charge in [-0.1, -0.05) is 18.2 Å². The van der Waals surface area contributed by atoms with Crippen LogP contribution >= 0.6 is 0 Å². The molecule has 0 fully saturated rings. The molecule has 0 saturated heterocycles. The Morgan fingerprint density at radius 3 is 2.60 bits per heavy atom. The van der Waals surface area contributed by atoms with Gasteiger partial charge in [-0.25, -0.2) is 0 Å². The van der Waals surface area contributed by atoms with Crippen molar-refractivity contribution in [1.82, 2.24) is 4.98 Å². The highest BCUT2D eigenvalue weighted by Crippen LogP contribution is 2.19. The summed E-state index contributed by atoms with van der Waals surface area (Å²) in [6, 6.07) is 11.7. The molecule has 2 aromatic rings. The van der Waals surface area contributed by atoms with Crippen LogP contribution < -0.4 is 0 Å². The summed E-state index contributed by atoms with van der Waals surface area (Å²) in [7, 11) is 0. The van der Waals surface area contributed by atoms with E-state index in [1.54, 1.807) is 6.92 Å². The number of ketones is 1. The van der Waals surface area contributed by atoms with Crippen molar-refractivity contribution in [2.75, 3.05) is 0 Å². The van der Waals surface area contributed by atoms with Gasteiger partial charge in [0.05, 0.1) is 0 Å². The lowest BCUT2D eigenvalue weighted by atomic mass is 10.1. The molecule has 0 aliphatic heterocycles. The van der Waals surface area contributed by atoms with E-state index in [2.05, 4.69) is 4.98 Å². The van der Waals surface area contributed by atoms with Crippen molar-refractivity contribution in [2.45, 2.75) is 13.8 Å². The van der Waals surface area contributed by atoms with Gasteiger partial charge in [0.1, 0.15) is 0 Å². The Bertz CT molecular complexity index is 497. The summed E-state index contributed by atoms with van der Waals surface area (Å²) >= 11 is 0. The van der Waals surface area contributed by atoms with Crippen LogP contribution in [-0.4, -0.2) is 10.8 Å². The van der Waals surface area contributed by atoms with Gasteiger partial charge in [0.2, 0.25) is 0 Å². The molecule has 0 aliphatic rings. The molecule has 1 aromatic carbocycles. The Balaban J connectivity index is 2.45. The maximum atomic E-state index is 11.2. The molecule has 2 heteroatoms. The number of carbonyl (C=O) groups excluding carboxylic acids is 1. The molecular formula is C13H13NO. The summed E-state index contributed by atoms with van der Waals surface area (Å²) in [6.45, 7) is 3.59. The Hall–Kier alpha value is -1.83. The highest BCUT2D eigenvalue weighted by Gasteiger charge is 2.03. The van der Waals surface area contributed by atoms with Crippen molar-refractivity contribution in [1.29, 1.82) is 0 Å². The summed E-state index contributed by atoms with van der Waals surface area (Å²) in [4.78, 5) is 14.5. The van der Waals surface area contributed by atoms with Gasteiger partial charge in [-0.15, -0.1) is 0 Å². The molecule has 76 valence electrons. The average molecular weight is 199 g/mol. The number of aromatic nitrogens is 1. The summed E-state index contributed by atoms with van der Waals surface area (Å²) in [6.07, 6.45) is 0. The number of benzene rings is 1. The number of aryl methyl sites for hydroxylation is 1. The largest absolute Gasteiger partial charge is 0.359 e. The van der Waals surface area contributed by atoms with Gasteiger partial charge < -0.3 is 4.98 Å². The minimum absolute atomic E-state index is 0.0973. The van der Waals surface area contributed by atoms with E-state index in [-0.39, 0.29) is 5.78 Å². The van der Waals surface area contributed by atoms with Crippen LogP contribution in [0.5, 0.6) is 0 Å². The highest BCUT2D eigenvalue weighted by atomic mass is 16.1. The topological polar surface area (TPSA) is 32.9 Å². The Kier molecular flexibility index (Phi) is 2.42. The number of aromatic amines is 1. The number of hydrogen-bond acceptors (Lipinski definition) is 1. The predicted molar refractivity (Wildman–Crippen MR) is 61.0 cm³/mol. The third kappa shape index (κ3) is 1.99. The molecular weight excluding hydrogens is 186 g/mol. The first-order valence-electron chi connectivity index (χ1n) is 4.94. The van der Waals surface area contributed by atoms with E-state index in [4.69, 9.17) is 0 Å². The number of carbonyl (C=O) groups is 1. The van der Waals surface area contributed by atoms with Crippen LogP contribution in [0, 0.1) is 6.92 Å². The molecule has 0 unspecified atom stereocenters. The second kappa shape index (κ2) is 3.73. The first-order valence-corrected chi connectivity index (χ1v) is 4.94. The molecule has 0 amide bonds. The van der Waals surface area contributed by atoms with Crippen LogP contribution in [0.25, 0.3) is 11.3 Å². The Morgan fingerprint density at radius 2 is 2.00 bits per heavy atom. The third-order valence-corrected chi connectivity index (χ3v) is 2.41. The maximum absolute atomic E-state index is 11.2. The Labute approximate surface area is 89.0 Å². The van der Waals surface area contributed by atoms with Crippen molar-refractivity contribution in [3.63, 3.8) is 0 Å². The monoisotopic (exact) mass is 199 g/mol. The summed E-state index contributed by atoms with van der Waals surface area (Å²) in [5.74, 6) is 0.0973. The van der Waals surface area contributed by atoms with Gasteiger partial charge in [0.15, 0.2) is 5.78 Å². The van der Waals surface area contributed by atoms with Crippen LogP contribution in [-0.2, 0) is 0 Å². The zero-order chi connectivity index (χ0) is 10.8. The fraction of sp³-hybridized carbons (Fsp3) is 0.154. The SMILES string of the molecule is CC(=O)c1cccc(-c2ccc(C)[nH]2)c1. The average Bonchev–Trinajstić information content (AvgIpc) is 2.65. The lowest BCUT2D eigenvalue weighted by molar-refractivity contribution is 0.101. The third-order valence-electron chi connectivity index (χ3n) is 2.41. The molecule has 2 rings (SSSR count). The van der Waals surface area contributed by atoms with Crippen LogP contribution in [0.15, 0.2) is 36.4 Å². The fourth-order valence-electron chi connectivity index (χ4n) is 1.58. The van der Waals surface area contributed by atoms with Gasteiger partial charge in [-0.05, 0) is 37.6 Å². The second-order valence-corrected chi connectivity index (χ2v) is 3.69. The van der Waals surface area contributed by atoms with Crippen LogP contribution in [0.1, 0.15) is 23.0 Å². The normalized spacial score (nSPS) is 10.3. The summed E-state index contributed by atoms with van der Waals surface area (Å²) in [5, 5.41) is 0. The Morgan fingerprint density at radius 1 is 1.20 bits per heavy atom. The maximum Gasteiger partial charge on any atom is 0.159 e. The van der Waals surface area contributed by atoms with E-state index in [1.807, 2.05) is 43.3 Å². The van der Waals surface area contributed by atoms with E-state index in [1.165, 1.54) is 0 Å². The van der Waals surface area contributed by atoms with E-state index in [0.717, 1.165) is 22.5 Å². The minimum Gasteiger partial charge on any atom is -0.359 e. The second-order valence-electron chi connectivity index (χ2n) is 3.69. The van der Waals surface area contributed by atoms with Crippen molar-refractivity contribution in [3.8, 4) is 11.3 Å². The van der Waals surface area contributed by atoms with Gasteiger partial charge in [0.25, 0.3) is 0 Å². The number of rotatable bonds is 2. The molecule has 1 N–H and O–H groups in total. The first kappa shape index (κ1) is 9.71. The van der Waals surface area contributed by atoms with E-state index in [0.29, 0.717) is 0 Å². The van der Waals surface area contributed by atoms with Crippen molar-refractivity contribution in [2.24, 2.45) is 0 Å². The minimum atomic E-state index is 0.0973. The number of H-pyrrole nitrogens is 1. The number of Topliss-reactive ketones (excluding diaryl/α,β-unsaturated/α-hetero) is 1. The number of hydrogen-bond donors (Lipinski definition) is 1. The summed E-state index contributed by atoms with van der Waals surface area (Å²) < 4.78 is 0. The van der Waals surface area contributed by atoms with Crippen molar-refractivity contribution >= 4 is 5.78 Å². The van der Waals surface area contributed by atoms with Gasteiger partial charge in [-0.2, -0.15) is 0 Å². The lowest BCUT2D eigenvalue weighted by Crippen LogP contribution is -1.91. The van der Waals surface area contributed by atoms with Gasteiger partial charge in [-0.3, -0.25) is 4.79 Å². The van der Waals surface area contributed by atoms with Crippen LogP contribution in [0.2, 0.25) is 0 Å². The quantitative estimate of drug-likeness (QED) is 0.740. The molecule has 0 spiro atoms. The molecule has 1 aromatic heterocycles. The predicted octanol–water partition coefficient (Wildman–Crippen LogP) is 3.19. The van der Waals surface area contributed by atoms with Crippen molar-refractivity contribution < 1.29 is 4.79 Å². The first-order chi connectivity index (χ1) is 7.16. The fourth-order valence-corrected chi connectivity index (χ4v) is 1.58. The highest BCUT2D eigenvalue weighted by molar-refractivity contribution is 5.95. The van der Waals surface area contributed by atoms with E-state index < -0.39 is 0 Å². The molecule has 15 heavy (non-hydrogen) atoms. The van der Waals surface area contributed by atoms with E-state index >= 15 is 0 Å². The molecule has 0 saturated carbocycles. The molecule has 2 nitrogen and oxygen atoms in total. The van der Waals surface area contributed by atoms with Gasteiger partial charge in [0, 0.05) is 17.0 Å². The number of nitrogens with one attached hydrogen (secondary N) is 1. The smallest absolute Gasteiger partial charge is 0.159 e. The molecule has 0 aliphatic carbocycles. The van der Waals surface area contributed by atoms with Crippen LogP contribution in [0.4, 0.5) is 0 Å². The molecule has 0 atom stereocenters. The zero-order valence-corrected chi connectivity index (χ0v) is 8.87. The standard InChI is InChI=1S/C13H13NO/c1-9-6-7-13(14-9)12-5-3-4-11(8-12)10(2)15/h3-8,14H,1-2H3. The van der Waals surface area contributed by atoms with Crippen LogP contribution in [0.3, 0.4) is 0 Å². The zero-order valence-electron chi connectivity index (χ0n) is 8.87.